The summed E-state index contributed by atoms with van der Waals surface area (Å²) in [5.41, 5.74) is 1.40. The van der Waals surface area contributed by atoms with Crippen molar-refractivity contribution in [1.82, 2.24) is 4.90 Å². The van der Waals surface area contributed by atoms with Crippen molar-refractivity contribution in [3.05, 3.63) is 23.9 Å². The summed E-state index contributed by atoms with van der Waals surface area (Å²) in [7, 11) is 0. The second-order valence-corrected chi connectivity index (χ2v) is 4.53. The molecule has 94 valence electrons. The Labute approximate surface area is 100 Å². The average Bonchev–Trinajstić information content (AvgIpc) is 2.26. The molecule has 0 fully saturated rings. The monoisotopic (exact) mass is 225 g/mol. The molecule has 0 aliphatic carbocycles. The number of unbranched alkanes of at least 4 members (excludes halogenated alkanes) is 5. The molecule has 2 N–H and O–H groups in total. The van der Waals surface area contributed by atoms with Crippen molar-refractivity contribution in [2.24, 2.45) is 0 Å². The fraction of sp³-hybridized carbons (Fsp3) is 0.714. The number of allylic oxidation sites excluding steroid dienone is 2. The van der Waals surface area contributed by atoms with Gasteiger partial charge in [-0.25, -0.2) is 0 Å². The lowest BCUT2D eigenvalue weighted by molar-refractivity contribution is 0.391. The van der Waals surface area contributed by atoms with Crippen molar-refractivity contribution in [2.75, 3.05) is 13.1 Å². The molecule has 0 saturated heterocycles. The second-order valence-electron chi connectivity index (χ2n) is 4.53. The van der Waals surface area contributed by atoms with Gasteiger partial charge in [-0.3, -0.25) is 0 Å². The fourth-order valence-corrected chi connectivity index (χ4v) is 1.87. The Bertz CT molecular complexity index is 221. The number of nitrogens with zero attached hydrogens (tertiary/aromatic N) is 1. The zero-order valence-electron chi connectivity index (χ0n) is 10.8. The molecule has 0 unspecified atom stereocenters. The highest BCUT2D eigenvalue weighted by molar-refractivity contribution is 5.19. The van der Waals surface area contributed by atoms with Crippen molar-refractivity contribution in [3.8, 4) is 0 Å². The van der Waals surface area contributed by atoms with E-state index in [1.807, 2.05) is 0 Å². The second kappa shape index (κ2) is 9.46. The predicted molar refractivity (Wildman–Crippen MR) is 71.5 cm³/mol. The van der Waals surface area contributed by atoms with Gasteiger partial charge in [0.2, 0.25) is 0 Å². The predicted octanol–water partition coefficient (Wildman–Crippen LogP) is 3.30. The van der Waals surface area contributed by atoms with Gasteiger partial charge < -0.3 is 10.4 Å². The van der Waals surface area contributed by atoms with Gasteiger partial charge in [0.25, 0.3) is 0 Å². The van der Waals surface area contributed by atoms with Crippen molar-refractivity contribution in [3.63, 3.8) is 0 Å². The van der Waals surface area contributed by atoms with Crippen LogP contribution in [0.1, 0.15) is 52.4 Å². The maximum atomic E-state index is 2.41. The summed E-state index contributed by atoms with van der Waals surface area (Å²) in [4.78, 5) is 2.41. The van der Waals surface area contributed by atoms with Crippen molar-refractivity contribution >= 4 is 0 Å². The first kappa shape index (κ1) is 15.2. The first-order valence-electron chi connectivity index (χ1n) is 6.42. The van der Waals surface area contributed by atoms with Crippen LogP contribution in [-0.4, -0.2) is 23.5 Å². The van der Waals surface area contributed by atoms with E-state index in [1.54, 1.807) is 0 Å². The van der Waals surface area contributed by atoms with Crippen LogP contribution in [-0.2, 0) is 0 Å². The molecule has 0 aromatic rings. The minimum absolute atomic E-state index is 0. The third-order valence-electron chi connectivity index (χ3n) is 2.99. The van der Waals surface area contributed by atoms with Crippen molar-refractivity contribution in [2.45, 2.75) is 52.4 Å². The molecule has 0 bridgehead atoms. The van der Waals surface area contributed by atoms with Gasteiger partial charge in [-0.15, -0.1) is 0 Å². The summed E-state index contributed by atoms with van der Waals surface area (Å²) < 4.78 is 0. The van der Waals surface area contributed by atoms with E-state index in [2.05, 4.69) is 37.1 Å². The zero-order valence-corrected chi connectivity index (χ0v) is 10.8. The quantitative estimate of drug-likeness (QED) is 0.612. The maximum absolute atomic E-state index is 2.41. The third kappa shape index (κ3) is 6.67. The number of rotatable bonds is 7. The highest BCUT2D eigenvalue weighted by Crippen LogP contribution is 2.09. The van der Waals surface area contributed by atoms with Crippen LogP contribution in [0.4, 0.5) is 0 Å². The van der Waals surface area contributed by atoms with Crippen molar-refractivity contribution < 1.29 is 5.48 Å². The molecule has 1 aliphatic rings. The Balaban J connectivity index is 0.00000225. The van der Waals surface area contributed by atoms with E-state index in [0.29, 0.717) is 0 Å². The van der Waals surface area contributed by atoms with Gasteiger partial charge in [0.05, 0.1) is 0 Å². The molecule has 1 rings (SSSR count). The molecule has 2 nitrogen and oxygen atoms in total. The summed E-state index contributed by atoms with van der Waals surface area (Å²) in [6.45, 7) is 6.77. The molecule has 0 radical (unpaired) electrons. The Kier molecular flexibility index (Phi) is 9.02. The van der Waals surface area contributed by atoms with E-state index in [9.17, 15) is 0 Å². The smallest absolute Gasteiger partial charge is 0.0359 e. The first-order chi connectivity index (χ1) is 7.33. The normalized spacial score (nSPS) is 14.6. The van der Waals surface area contributed by atoms with Gasteiger partial charge >= 0.3 is 0 Å². The molecule has 0 aromatic carbocycles. The first-order valence-corrected chi connectivity index (χ1v) is 6.42. The summed E-state index contributed by atoms with van der Waals surface area (Å²) in [6, 6.07) is 0. The lowest BCUT2D eigenvalue weighted by atomic mass is 10.1. The van der Waals surface area contributed by atoms with Crippen LogP contribution in [0, 0.1) is 0 Å². The molecule has 0 aromatic heterocycles. The van der Waals surface area contributed by atoms with Gasteiger partial charge in [-0.1, -0.05) is 50.7 Å². The van der Waals surface area contributed by atoms with Crippen molar-refractivity contribution in [1.29, 1.82) is 0 Å². The molecule has 0 atom stereocenters. The summed E-state index contributed by atoms with van der Waals surface area (Å²) in [5.74, 6) is 0. The van der Waals surface area contributed by atoms with Crippen LogP contribution in [0.25, 0.3) is 0 Å². The molecule has 1 heterocycles. The summed E-state index contributed by atoms with van der Waals surface area (Å²) in [5, 5.41) is 0. The van der Waals surface area contributed by atoms with E-state index in [-0.39, 0.29) is 5.48 Å². The molecule has 0 amide bonds. The van der Waals surface area contributed by atoms with Gasteiger partial charge in [-0.05, 0) is 25.6 Å². The van der Waals surface area contributed by atoms with E-state index >= 15 is 0 Å². The lowest BCUT2D eigenvalue weighted by Crippen LogP contribution is -2.20. The van der Waals surface area contributed by atoms with Gasteiger partial charge in [0, 0.05) is 13.1 Å². The van der Waals surface area contributed by atoms with E-state index in [4.69, 9.17) is 0 Å². The van der Waals surface area contributed by atoms with E-state index < -0.39 is 0 Å². The number of hydrogen-bond donors (Lipinski definition) is 0. The zero-order chi connectivity index (χ0) is 10.9. The Morgan fingerprint density at radius 2 is 1.81 bits per heavy atom. The SMILES string of the molecule is CCCCCCCCN1C=CC(C)=CC1.O. The van der Waals surface area contributed by atoms with Gasteiger partial charge in [0.15, 0.2) is 0 Å². The van der Waals surface area contributed by atoms with Crippen LogP contribution < -0.4 is 0 Å². The molecular formula is C14H27NO. The Hall–Kier alpha value is -0.760. The van der Waals surface area contributed by atoms with Crippen LogP contribution in [0.3, 0.4) is 0 Å². The van der Waals surface area contributed by atoms with E-state index in [0.717, 1.165) is 6.54 Å². The molecule has 0 spiro atoms. The largest absolute Gasteiger partial charge is 0.412 e. The van der Waals surface area contributed by atoms with E-state index in [1.165, 1.54) is 50.6 Å². The van der Waals surface area contributed by atoms with Gasteiger partial charge in [0.1, 0.15) is 0 Å². The molecule has 1 aliphatic heterocycles. The summed E-state index contributed by atoms with van der Waals surface area (Å²) >= 11 is 0. The fourth-order valence-electron chi connectivity index (χ4n) is 1.87. The van der Waals surface area contributed by atoms with Gasteiger partial charge in [-0.2, -0.15) is 0 Å². The Morgan fingerprint density at radius 3 is 2.44 bits per heavy atom. The summed E-state index contributed by atoms with van der Waals surface area (Å²) in [6.07, 6.45) is 15.1. The van der Waals surface area contributed by atoms with Crippen LogP contribution >= 0.6 is 0 Å². The van der Waals surface area contributed by atoms with Crippen LogP contribution in [0.5, 0.6) is 0 Å². The number of hydrogen-bond acceptors (Lipinski definition) is 1. The highest BCUT2D eigenvalue weighted by Gasteiger charge is 2.01. The minimum Gasteiger partial charge on any atom is -0.412 e. The Morgan fingerprint density at radius 1 is 1.12 bits per heavy atom. The third-order valence-corrected chi connectivity index (χ3v) is 2.99. The maximum Gasteiger partial charge on any atom is 0.0359 e. The van der Waals surface area contributed by atoms with Crippen LogP contribution in [0.2, 0.25) is 0 Å². The average molecular weight is 225 g/mol. The molecule has 2 heteroatoms. The lowest BCUT2D eigenvalue weighted by Gasteiger charge is -2.21. The highest BCUT2D eigenvalue weighted by atomic mass is 16.0. The molecule has 0 saturated carbocycles. The standard InChI is InChI=1S/C14H25N.H2O/c1-3-4-5-6-7-8-11-15-12-9-14(2)10-13-15;/h9-10,12H,3-8,11,13H2,1-2H3;1H2. The molecule has 16 heavy (non-hydrogen) atoms. The minimum atomic E-state index is 0. The van der Waals surface area contributed by atoms with Crippen LogP contribution in [0.15, 0.2) is 23.9 Å². The topological polar surface area (TPSA) is 34.7 Å². The molecular weight excluding hydrogens is 198 g/mol.